The van der Waals surface area contributed by atoms with Crippen LogP contribution < -0.4 is 11.1 Å². The quantitative estimate of drug-likeness (QED) is 0.895. The summed E-state index contributed by atoms with van der Waals surface area (Å²) in [6.45, 7) is 0.0912. The number of rotatable bonds is 4. The van der Waals surface area contributed by atoms with Crippen molar-refractivity contribution in [1.29, 1.82) is 0 Å². The first-order chi connectivity index (χ1) is 9.11. The van der Waals surface area contributed by atoms with Crippen molar-refractivity contribution < 1.29 is 8.78 Å². The van der Waals surface area contributed by atoms with Gasteiger partial charge in [-0.05, 0) is 36.4 Å². The number of nitrogens with one attached hydrogen (secondary N) is 1. The van der Waals surface area contributed by atoms with E-state index in [1.54, 1.807) is 0 Å². The summed E-state index contributed by atoms with van der Waals surface area (Å²) >= 11 is 3.32. The first kappa shape index (κ1) is 14.0. The SMILES string of the molecule is NCC(Nc1ccc(Br)cc1)c1c(F)cccc1F. The molecular formula is C14H13BrF2N2. The zero-order chi connectivity index (χ0) is 13.8. The highest BCUT2D eigenvalue weighted by atomic mass is 79.9. The van der Waals surface area contributed by atoms with Crippen molar-refractivity contribution in [3.63, 3.8) is 0 Å². The predicted molar refractivity (Wildman–Crippen MR) is 75.9 cm³/mol. The zero-order valence-electron chi connectivity index (χ0n) is 10.0. The van der Waals surface area contributed by atoms with E-state index in [2.05, 4.69) is 21.2 Å². The van der Waals surface area contributed by atoms with Crippen LogP contribution in [0, 0.1) is 11.6 Å². The van der Waals surface area contributed by atoms with Gasteiger partial charge in [-0.3, -0.25) is 0 Å². The van der Waals surface area contributed by atoms with Gasteiger partial charge in [0.25, 0.3) is 0 Å². The van der Waals surface area contributed by atoms with Gasteiger partial charge in [0.15, 0.2) is 0 Å². The molecule has 0 aromatic heterocycles. The van der Waals surface area contributed by atoms with E-state index in [-0.39, 0.29) is 12.1 Å². The summed E-state index contributed by atoms with van der Waals surface area (Å²) in [5, 5.41) is 3.03. The van der Waals surface area contributed by atoms with Crippen LogP contribution >= 0.6 is 15.9 Å². The molecule has 2 nitrogen and oxygen atoms in total. The molecule has 0 saturated carbocycles. The molecule has 19 heavy (non-hydrogen) atoms. The molecule has 1 unspecified atom stereocenters. The molecule has 0 fully saturated rings. The summed E-state index contributed by atoms with van der Waals surface area (Å²) in [6.07, 6.45) is 0. The Kier molecular flexibility index (Phi) is 4.50. The van der Waals surface area contributed by atoms with Crippen molar-refractivity contribution in [3.05, 3.63) is 64.1 Å². The van der Waals surface area contributed by atoms with Crippen LogP contribution in [0.4, 0.5) is 14.5 Å². The van der Waals surface area contributed by atoms with Gasteiger partial charge in [0, 0.05) is 22.3 Å². The molecule has 5 heteroatoms. The van der Waals surface area contributed by atoms with Crippen LogP contribution in [-0.2, 0) is 0 Å². The van der Waals surface area contributed by atoms with Gasteiger partial charge in [-0.25, -0.2) is 8.78 Å². The number of anilines is 1. The first-order valence-corrected chi connectivity index (χ1v) is 6.57. The van der Waals surface area contributed by atoms with Gasteiger partial charge in [0.1, 0.15) is 11.6 Å². The predicted octanol–water partition coefficient (Wildman–Crippen LogP) is 3.84. The van der Waals surface area contributed by atoms with Crippen LogP contribution in [0.1, 0.15) is 11.6 Å². The Balaban J connectivity index is 2.27. The van der Waals surface area contributed by atoms with Gasteiger partial charge in [-0.15, -0.1) is 0 Å². The average Bonchev–Trinajstić information content (AvgIpc) is 2.39. The molecule has 0 amide bonds. The van der Waals surface area contributed by atoms with Gasteiger partial charge >= 0.3 is 0 Å². The number of hydrogen-bond donors (Lipinski definition) is 2. The van der Waals surface area contributed by atoms with Crippen LogP contribution in [0.15, 0.2) is 46.9 Å². The highest BCUT2D eigenvalue weighted by molar-refractivity contribution is 9.10. The lowest BCUT2D eigenvalue weighted by atomic mass is 10.1. The van der Waals surface area contributed by atoms with Crippen LogP contribution in [0.3, 0.4) is 0 Å². The Morgan fingerprint density at radius 1 is 1.05 bits per heavy atom. The number of halogens is 3. The Labute approximate surface area is 118 Å². The number of nitrogens with two attached hydrogens (primary N) is 1. The fraction of sp³-hybridized carbons (Fsp3) is 0.143. The third-order valence-electron chi connectivity index (χ3n) is 2.77. The molecule has 100 valence electrons. The number of hydrogen-bond acceptors (Lipinski definition) is 2. The monoisotopic (exact) mass is 326 g/mol. The molecule has 0 bridgehead atoms. The van der Waals surface area contributed by atoms with E-state index in [1.807, 2.05) is 24.3 Å². The molecule has 2 aromatic carbocycles. The van der Waals surface area contributed by atoms with Crippen LogP contribution in [0.2, 0.25) is 0 Å². The zero-order valence-corrected chi connectivity index (χ0v) is 11.6. The molecule has 2 rings (SSSR count). The standard InChI is InChI=1S/C14H13BrF2N2/c15-9-4-6-10(7-5-9)19-13(8-18)14-11(16)2-1-3-12(14)17/h1-7,13,19H,8,18H2. The first-order valence-electron chi connectivity index (χ1n) is 5.78. The second-order valence-corrected chi connectivity index (χ2v) is 4.99. The van der Waals surface area contributed by atoms with E-state index >= 15 is 0 Å². The van der Waals surface area contributed by atoms with Gasteiger partial charge in [0.2, 0.25) is 0 Å². The lowest BCUT2D eigenvalue weighted by Gasteiger charge is -2.19. The fourth-order valence-corrected chi connectivity index (χ4v) is 2.10. The minimum atomic E-state index is -0.609. The van der Waals surface area contributed by atoms with Crippen molar-refractivity contribution in [1.82, 2.24) is 0 Å². The third kappa shape index (κ3) is 3.30. The van der Waals surface area contributed by atoms with Crippen molar-refractivity contribution in [2.24, 2.45) is 5.73 Å². The summed E-state index contributed by atoms with van der Waals surface area (Å²) < 4.78 is 28.4. The largest absolute Gasteiger partial charge is 0.377 e. The molecule has 0 aliphatic rings. The smallest absolute Gasteiger partial charge is 0.131 e. The highest BCUT2D eigenvalue weighted by Gasteiger charge is 2.18. The third-order valence-corrected chi connectivity index (χ3v) is 3.30. The molecule has 0 aliphatic carbocycles. The lowest BCUT2D eigenvalue weighted by Crippen LogP contribution is -2.22. The van der Waals surface area contributed by atoms with Gasteiger partial charge < -0.3 is 11.1 Å². The van der Waals surface area contributed by atoms with E-state index in [1.165, 1.54) is 18.2 Å². The lowest BCUT2D eigenvalue weighted by molar-refractivity contribution is 0.537. The van der Waals surface area contributed by atoms with Gasteiger partial charge in [-0.2, -0.15) is 0 Å². The minimum Gasteiger partial charge on any atom is -0.377 e. The normalized spacial score (nSPS) is 12.2. The Morgan fingerprint density at radius 2 is 1.63 bits per heavy atom. The number of benzene rings is 2. The summed E-state index contributed by atoms with van der Waals surface area (Å²) in [5.74, 6) is -1.19. The topological polar surface area (TPSA) is 38.0 Å². The molecule has 0 radical (unpaired) electrons. The second-order valence-electron chi connectivity index (χ2n) is 4.07. The molecule has 0 aliphatic heterocycles. The van der Waals surface area contributed by atoms with E-state index in [4.69, 9.17) is 5.73 Å². The maximum Gasteiger partial charge on any atom is 0.131 e. The summed E-state index contributed by atoms with van der Waals surface area (Å²) in [6, 6.07) is 10.5. The van der Waals surface area contributed by atoms with Crippen molar-refractivity contribution in [2.45, 2.75) is 6.04 Å². The molecule has 1 atom stereocenters. The maximum absolute atomic E-state index is 13.7. The molecule has 2 aromatic rings. The van der Waals surface area contributed by atoms with Gasteiger partial charge in [0.05, 0.1) is 6.04 Å². The Bertz CT molecular complexity index is 538. The maximum atomic E-state index is 13.7. The van der Waals surface area contributed by atoms with E-state index < -0.39 is 17.7 Å². The molecule has 0 heterocycles. The second kappa shape index (κ2) is 6.12. The van der Waals surface area contributed by atoms with Crippen LogP contribution in [0.25, 0.3) is 0 Å². The molecule has 0 spiro atoms. The molecule has 3 N–H and O–H groups in total. The Hall–Kier alpha value is -1.46. The highest BCUT2D eigenvalue weighted by Crippen LogP contribution is 2.24. The summed E-state index contributed by atoms with van der Waals surface area (Å²) in [7, 11) is 0. The van der Waals surface area contributed by atoms with E-state index in [0.29, 0.717) is 0 Å². The fourth-order valence-electron chi connectivity index (χ4n) is 1.84. The minimum absolute atomic E-state index is 0.0343. The molecule has 0 saturated heterocycles. The van der Waals surface area contributed by atoms with Crippen molar-refractivity contribution in [2.75, 3.05) is 11.9 Å². The van der Waals surface area contributed by atoms with Crippen LogP contribution in [-0.4, -0.2) is 6.54 Å². The van der Waals surface area contributed by atoms with Crippen molar-refractivity contribution >= 4 is 21.6 Å². The van der Waals surface area contributed by atoms with E-state index in [9.17, 15) is 8.78 Å². The summed E-state index contributed by atoms with van der Waals surface area (Å²) in [4.78, 5) is 0. The van der Waals surface area contributed by atoms with Crippen molar-refractivity contribution in [3.8, 4) is 0 Å². The van der Waals surface area contributed by atoms with Gasteiger partial charge in [-0.1, -0.05) is 22.0 Å². The van der Waals surface area contributed by atoms with Crippen LogP contribution in [0.5, 0.6) is 0 Å². The van der Waals surface area contributed by atoms with E-state index in [0.717, 1.165) is 10.2 Å². The Morgan fingerprint density at radius 3 is 2.16 bits per heavy atom. The summed E-state index contributed by atoms with van der Waals surface area (Å²) in [5.41, 5.74) is 6.33. The average molecular weight is 327 g/mol. The molecular weight excluding hydrogens is 314 g/mol.